The van der Waals surface area contributed by atoms with E-state index in [1.807, 2.05) is 0 Å². The van der Waals surface area contributed by atoms with Gasteiger partial charge in [-0.2, -0.15) is 0 Å². The van der Waals surface area contributed by atoms with Crippen LogP contribution in [-0.2, 0) is 0 Å². The van der Waals surface area contributed by atoms with Crippen LogP contribution in [0.1, 0.15) is 53.5 Å². The van der Waals surface area contributed by atoms with E-state index in [-0.39, 0.29) is 23.4 Å². The predicted octanol–water partition coefficient (Wildman–Crippen LogP) is 1.59. The molecular weight excluding hydrogens is 254 g/mol. The number of amides is 2. The van der Waals surface area contributed by atoms with Crippen LogP contribution in [0, 0.1) is 5.92 Å². The third-order valence-corrected chi connectivity index (χ3v) is 4.86. The summed E-state index contributed by atoms with van der Waals surface area (Å²) in [5.74, 6) is -0.300. The molecule has 5 heteroatoms. The van der Waals surface area contributed by atoms with Crippen LogP contribution in [0.3, 0.4) is 0 Å². The standard InChI is InChI=1S/C15H19N3O2/c1-10-5-2-3-7-15(10,9-16)18-13(19)11-6-4-8-17-12(11)14(18)20/h4,6,8,10H,2-3,5,7,9,16H2,1H3. The third-order valence-electron chi connectivity index (χ3n) is 4.86. The first kappa shape index (κ1) is 13.2. The molecule has 1 aromatic heterocycles. The molecular formula is C15H19N3O2. The maximum Gasteiger partial charge on any atom is 0.280 e. The van der Waals surface area contributed by atoms with Crippen LogP contribution in [0.25, 0.3) is 0 Å². The Bertz CT molecular complexity index is 537. The van der Waals surface area contributed by atoms with Crippen molar-refractivity contribution in [1.82, 2.24) is 9.88 Å². The van der Waals surface area contributed by atoms with Gasteiger partial charge in [0.05, 0.1) is 11.1 Å². The second kappa shape index (κ2) is 4.66. The topological polar surface area (TPSA) is 76.3 Å². The smallest absolute Gasteiger partial charge is 0.280 e. The van der Waals surface area contributed by atoms with E-state index in [1.165, 1.54) is 4.90 Å². The Kier molecular flexibility index (Phi) is 3.09. The van der Waals surface area contributed by atoms with Gasteiger partial charge in [-0.1, -0.05) is 19.8 Å². The number of carbonyl (C=O) groups excluding carboxylic acids is 2. The van der Waals surface area contributed by atoms with Gasteiger partial charge in [-0.05, 0) is 30.9 Å². The van der Waals surface area contributed by atoms with Gasteiger partial charge in [0.25, 0.3) is 11.8 Å². The molecule has 0 bridgehead atoms. The molecule has 106 valence electrons. The molecule has 1 saturated carbocycles. The van der Waals surface area contributed by atoms with Crippen LogP contribution in [0.5, 0.6) is 0 Å². The molecule has 0 saturated heterocycles. The summed E-state index contributed by atoms with van der Waals surface area (Å²) in [4.78, 5) is 30.7. The molecule has 1 aliphatic carbocycles. The first-order valence-electron chi connectivity index (χ1n) is 7.16. The second-order valence-electron chi connectivity index (χ2n) is 5.80. The average Bonchev–Trinajstić information content (AvgIpc) is 2.73. The van der Waals surface area contributed by atoms with Crippen LogP contribution >= 0.6 is 0 Å². The van der Waals surface area contributed by atoms with Crippen molar-refractivity contribution in [2.24, 2.45) is 11.7 Å². The number of nitrogens with zero attached hydrogens (tertiary/aromatic N) is 2. The maximum atomic E-state index is 12.6. The molecule has 1 fully saturated rings. The van der Waals surface area contributed by atoms with Crippen LogP contribution in [0.2, 0.25) is 0 Å². The molecule has 0 aromatic carbocycles. The number of aromatic nitrogens is 1. The SMILES string of the molecule is CC1CCCCC1(CN)N1C(=O)c2cccnc2C1=O. The lowest BCUT2D eigenvalue weighted by atomic mass is 9.72. The Morgan fingerprint density at radius 2 is 2.20 bits per heavy atom. The fourth-order valence-electron chi connectivity index (χ4n) is 3.59. The zero-order chi connectivity index (χ0) is 14.3. The molecule has 2 unspecified atom stereocenters. The lowest BCUT2D eigenvalue weighted by Gasteiger charge is -2.47. The largest absolute Gasteiger partial charge is 0.328 e. The quantitative estimate of drug-likeness (QED) is 0.830. The third kappa shape index (κ3) is 1.62. The summed E-state index contributed by atoms with van der Waals surface area (Å²) >= 11 is 0. The summed E-state index contributed by atoms with van der Waals surface area (Å²) in [6, 6.07) is 3.35. The molecule has 0 spiro atoms. The molecule has 2 N–H and O–H groups in total. The Morgan fingerprint density at radius 1 is 1.40 bits per heavy atom. The zero-order valence-corrected chi connectivity index (χ0v) is 11.6. The van der Waals surface area contributed by atoms with Crippen molar-refractivity contribution in [3.63, 3.8) is 0 Å². The molecule has 5 nitrogen and oxygen atoms in total. The summed E-state index contributed by atoms with van der Waals surface area (Å²) in [6.07, 6.45) is 5.47. The molecule has 1 aliphatic heterocycles. The minimum Gasteiger partial charge on any atom is -0.328 e. The maximum absolute atomic E-state index is 12.6. The van der Waals surface area contributed by atoms with Crippen molar-refractivity contribution in [2.75, 3.05) is 6.54 Å². The van der Waals surface area contributed by atoms with E-state index in [1.54, 1.807) is 18.3 Å². The number of carbonyl (C=O) groups is 2. The summed E-state index contributed by atoms with van der Waals surface area (Å²) in [7, 11) is 0. The van der Waals surface area contributed by atoms with Crippen molar-refractivity contribution in [3.05, 3.63) is 29.6 Å². The highest BCUT2D eigenvalue weighted by atomic mass is 16.2. The van der Waals surface area contributed by atoms with E-state index in [9.17, 15) is 9.59 Å². The van der Waals surface area contributed by atoms with E-state index in [2.05, 4.69) is 11.9 Å². The lowest BCUT2D eigenvalue weighted by Crippen LogP contribution is -2.61. The van der Waals surface area contributed by atoms with Gasteiger partial charge in [-0.25, -0.2) is 0 Å². The monoisotopic (exact) mass is 273 g/mol. The first-order chi connectivity index (χ1) is 9.62. The van der Waals surface area contributed by atoms with Crippen molar-refractivity contribution in [2.45, 2.75) is 38.1 Å². The lowest BCUT2D eigenvalue weighted by molar-refractivity contribution is 0.0180. The average molecular weight is 273 g/mol. The highest BCUT2D eigenvalue weighted by Gasteiger charge is 2.52. The Balaban J connectivity index is 2.07. The second-order valence-corrected chi connectivity index (χ2v) is 5.80. The molecule has 2 amide bonds. The summed E-state index contributed by atoms with van der Waals surface area (Å²) < 4.78 is 0. The minimum absolute atomic E-state index is 0.225. The van der Waals surface area contributed by atoms with Gasteiger partial charge in [0, 0.05) is 12.7 Å². The zero-order valence-electron chi connectivity index (χ0n) is 11.6. The molecule has 3 rings (SSSR count). The highest BCUT2D eigenvalue weighted by Crippen LogP contribution is 2.41. The van der Waals surface area contributed by atoms with Gasteiger partial charge in [-0.15, -0.1) is 0 Å². The van der Waals surface area contributed by atoms with Gasteiger partial charge in [-0.3, -0.25) is 19.5 Å². The first-order valence-corrected chi connectivity index (χ1v) is 7.16. The highest BCUT2D eigenvalue weighted by molar-refractivity contribution is 6.20. The van der Waals surface area contributed by atoms with Crippen molar-refractivity contribution >= 4 is 11.8 Å². The van der Waals surface area contributed by atoms with Crippen molar-refractivity contribution in [1.29, 1.82) is 0 Å². The van der Waals surface area contributed by atoms with E-state index < -0.39 is 5.54 Å². The number of pyridine rings is 1. The fraction of sp³-hybridized carbons (Fsp3) is 0.533. The molecule has 2 atom stereocenters. The number of hydrogen-bond donors (Lipinski definition) is 1. The van der Waals surface area contributed by atoms with Crippen LogP contribution in [0.4, 0.5) is 0 Å². The van der Waals surface area contributed by atoms with Gasteiger partial charge in [0.15, 0.2) is 0 Å². The van der Waals surface area contributed by atoms with Crippen LogP contribution < -0.4 is 5.73 Å². The minimum atomic E-state index is -0.548. The van der Waals surface area contributed by atoms with Crippen LogP contribution in [0.15, 0.2) is 18.3 Å². The van der Waals surface area contributed by atoms with Crippen molar-refractivity contribution < 1.29 is 9.59 Å². The number of fused-ring (bicyclic) bond motifs is 1. The number of rotatable bonds is 2. The molecule has 0 radical (unpaired) electrons. The van der Waals surface area contributed by atoms with E-state index >= 15 is 0 Å². The van der Waals surface area contributed by atoms with Gasteiger partial charge >= 0.3 is 0 Å². The van der Waals surface area contributed by atoms with Crippen LogP contribution in [-0.4, -0.2) is 33.8 Å². The molecule has 2 aliphatic rings. The predicted molar refractivity (Wildman–Crippen MR) is 74.2 cm³/mol. The summed E-state index contributed by atoms with van der Waals surface area (Å²) in [6.45, 7) is 2.41. The number of imide groups is 1. The normalized spacial score (nSPS) is 29.7. The van der Waals surface area contributed by atoms with Gasteiger partial charge in [0.1, 0.15) is 5.69 Å². The summed E-state index contributed by atoms with van der Waals surface area (Å²) in [5.41, 5.74) is 6.13. The van der Waals surface area contributed by atoms with Crippen molar-refractivity contribution in [3.8, 4) is 0 Å². The Hall–Kier alpha value is -1.75. The van der Waals surface area contributed by atoms with E-state index in [0.29, 0.717) is 12.1 Å². The van der Waals surface area contributed by atoms with Gasteiger partial charge in [0.2, 0.25) is 0 Å². The Labute approximate surface area is 118 Å². The number of hydrogen-bond acceptors (Lipinski definition) is 4. The Morgan fingerprint density at radius 3 is 2.85 bits per heavy atom. The summed E-state index contributed by atoms with van der Waals surface area (Å²) in [5, 5.41) is 0. The van der Waals surface area contributed by atoms with E-state index in [0.717, 1.165) is 25.7 Å². The van der Waals surface area contributed by atoms with E-state index in [4.69, 9.17) is 5.73 Å². The fourth-order valence-corrected chi connectivity index (χ4v) is 3.59. The molecule has 1 aromatic rings. The molecule has 2 heterocycles. The molecule has 20 heavy (non-hydrogen) atoms. The number of nitrogens with two attached hydrogens (primary N) is 1. The van der Waals surface area contributed by atoms with Gasteiger partial charge < -0.3 is 5.73 Å².